The molecular formula is C20H19FN2O3S. The molecule has 1 aliphatic rings. The molecule has 3 atom stereocenters. The molecule has 0 unspecified atom stereocenters. The van der Waals surface area contributed by atoms with Gasteiger partial charge in [-0.1, -0.05) is 42.5 Å². The van der Waals surface area contributed by atoms with E-state index in [2.05, 4.69) is 0 Å². The second-order valence-corrected chi connectivity index (χ2v) is 8.11. The number of hydrogen-bond donors (Lipinski definition) is 1. The van der Waals surface area contributed by atoms with Gasteiger partial charge in [0.15, 0.2) is 0 Å². The molecule has 1 saturated heterocycles. The van der Waals surface area contributed by atoms with Gasteiger partial charge in [0.05, 0.1) is 23.6 Å². The SMILES string of the molecule is C/C=C/c1ccccc1[C@H]1[C@@H](CO)N(S(=O)(=O)c2cccc(F)c2)[C@H]1C#N. The van der Waals surface area contributed by atoms with Crippen LogP contribution >= 0.6 is 0 Å². The van der Waals surface area contributed by atoms with Crippen molar-refractivity contribution in [3.8, 4) is 6.07 Å². The normalized spacial score (nSPS) is 23.1. The van der Waals surface area contributed by atoms with Gasteiger partial charge in [-0.2, -0.15) is 9.57 Å². The second kappa shape index (κ2) is 7.61. The molecule has 1 fully saturated rings. The van der Waals surface area contributed by atoms with Gasteiger partial charge in [-0.25, -0.2) is 12.8 Å². The summed E-state index contributed by atoms with van der Waals surface area (Å²) in [4.78, 5) is -0.235. The van der Waals surface area contributed by atoms with Gasteiger partial charge in [0.25, 0.3) is 0 Å². The van der Waals surface area contributed by atoms with Crippen LogP contribution in [-0.2, 0) is 10.0 Å². The lowest BCUT2D eigenvalue weighted by molar-refractivity contribution is 0.0556. The molecule has 1 heterocycles. The van der Waals surface area contributed by atoms with Crippen LogP contribution in [0.4, 0.5) is 4.39 Å². The van der Waals surface area contributed by atoms with Gasteiger partial charge < -0.3 is 5.11 Å². The summed E-state index contributed by atoms with van der Waals surface area (Å²) in [5.74, 6) is -1.16. The van der Waals surface area contributed by atoms with Crippen LogP contribution in [-0.4, -0.2) is 36.5 Å². The van der Waals surface area contributed by atoms with E-state index >= 15 is 0 Å². The highest BCUT2D eigenvalue weighted by Crippen LogP contribution is 2.45. The van der Waals surface area contributed by atoms with Crippen molar-refractivity contribution in [1.29, 1.82) is 5.26 Å². The molecule has 0 saturated carbocycles. The molecule has 1 aliphatic heterocycles. The number of aliphatic hydroxyl groups is 1. The fraction of sp³-hybridized carbons (Fsp3) is 0.250. The lowest BCUT2D eigenvalue weighted by atomic mass is 9.76. The van der Waals surface area contributed by atoms with Gasteiger partial charge in [0.1, 0.15) is 11.9 Å². The summed E-state index contributed by atoms with van der Waals surface area (Å²) >= 11 is 0. The Kier molecular flexibility index (Phi) is 5.42. The maximum atomic E-state index is 13.5. The maximum Gasteiger partial charge on any atom is 0.244 e. The van der Waals surface area contributed by atoms with E-state index in [1.807, 2.05) is 49.4 Å². The number of benzene rings is 2. The molecule has 0 amide bonds. The number of rotatable bonds is 5. The van der Waals surface area contributed by atoms with Crippen LogP contribution < -0.4 is 0 Å². The smallest absolute Gasteiger partial charge is 0.244 e. The Morgan fingerprint density at radius 2 is 2.00 bits per heavy atom. The van der Waals surface area contributed by atoms with Crippen LogP contribution in [0.15, 0.2) is 59.5 Å². The van der Waals surface area contributed by atoms with Crippen molar-refractivity contribution in [2.45, 2.75) is 29.8 Å². The summed E-state index contributed by atoms with van der Waals surface area (Å²) in [5, 5.41) is 19.5. The Balaban J connectivity index is 2.05. The van der Waals surface area contributed by atoms with E-state index < -0.39 is 40.4 Å². The molecule has 0 aromatic heterocycles. The Morgan fingerprint density at radius 3 is 2.63 bits per heavy atom. The van der Waals surface area contributed by atoms with Crippen LogP contribution in [0.1, 0.15) is 24.0 Å². The third kappa shape index (κ3) is 3.28. The van der Waals surface area contributed by atoms with E-state index in [0.717, 1.165) is 27.6 Å². The van der Waals surface area contributed by atoms with E-state index in [9.17, 15) is 23.2 Å². The molecule has 2 aromatic carbocycles. The largest absolute Gasteiger partial charge is 0.395 e. The van der Waals surface area contributed by atoms with E-state index in [0.29, 0.717) is 0 Å². The van der Waals surface area contributed by atoms with Crippen molar-refractivity contribution < 1.29 is 17.9 Å². The predicted octanol–water partition coefficient (Wildman–Crippen LogP) is 2.90. The highest BCUT2D eigenvalue weighted by atomic mass is 32.2. The number of nitrogens with zero attached hydrogens (tertiary/aromatic N) is 2. The molecule has 0 radical (unpaired) electrons. The minimum Gasteiger partial charge on any atom is -0.395 e. The Bertz CT molecular complexity index is 1010. The molecule has 27 heavy (non-hydrogen) atoms. The molecule has 7 heteroatoms. The number of aliphatic hydroxyl groups excluding tert-OH is 1. The topological polar surface area (TPSA) is 81.4 Å². The molecule has 3 rings (SSSR count). The molecule has 140 valence electrons. The summed E-state index contributed by atoms with van der Waals surface area (Å²) in [7, 11) is -4.12. The number of allylic oxidation sites excluding steroid dienone is 1. The van der Waals surface area contributed by atoms with Crippen molar-refractivity contribution in [3.05, 3.63) is 71.6 Å². The van der Waals surface area contributed by atoms with Crippen molar-refractivity contribution in [1.82, 2.24) is 4.31 Å². The molecule has 0 spiro atoms. The highest BCUT2D eigenvalue weighted by Gasteiger charge is 2.55. The minimum absolute atomic E-state index is 0.235. The molecule has 5 nitrogen and oxygen atoms in total. The van der Waals surface area contributed by atoms with Gasteiger partial charge >= 0.3 is 0 Å². The minimum atomic E-state index is -4.12. The van der Waals surface area contributed by atoms with Crippen LogP contribution in [0.3, 0.4) is 0 Å². The molecule has 0 aliphatic carbocycles. The van der Waals surface area contributed by atoms with E-state index in [1.54, 1.807) is 0 Å². The quantitative estimate of drug-likeness (QED) is 0.857. The lowest BCUT2D eigenvalue weighted by Crippen LogP contribution is -2.65. The summed E-state index contributed by atoms with van der Waals surface area (Å²) in [5.41, 5.74) is 1.67. The monoisotopic (exact) mass is 386 g/mol. The summed E-state index contributed by atoms with van der Waals surface area (Å²) in [6.45, 7) is 1.42. The number of sulfonamides is 1. The predicted molar refractivity (Wildman–Crippen MR) is 99.6 cm³/mol. The Hall–Kier alpha value is -2.53. The van der Waals surface area contributed by atoms with E-state index in [1.165, 1.54) is 12.1 Å². The van der Waals surface area contributed by atoms with Gasteiger partial charge in [-0.05, 0) is 36.2 Å². The molecule has 0 bridgehead atoms. The average Bonchev–Trinajstić information content (AvgIpc) is 2.63. The fourth-order valence-corrected chi connectivity index (χ4v) is 5.35. The fourth-order valence-electron chi connectivity index (χ4n) is 3.56. The first-order valence-corrected chi connectivity index (χ1v) is 9.91. The Labute approximate surface area is 158 Å². The third-order valence-corrected chi connectivity index (χ3v) is 6.65. The zero-order valence-electron chi connectivity index (χ0n) is 14.7. The summed E-state index contributed by atoms with van der Waals surface area (Å²) in [6, 6.07) is 12.3. The van der Waals surface area contributed by atoms with Gasteiger partial charge in [-0.15, -0.1) is 0 Å². The average molecular weight is 386 g/mol. The molecule has 2 aromatic rings. The van der Waals surface area contributed by atoms with Crippen molar-refractivity contribution in [2.75, 3.05) is 6.61 Å². The van der Waals surface area contributed by atoms with Gasteiger partial charge in [0, 0.05) is 5.92 Å². The lowest BCUT2D eigenvalue weighted by Gasteiger charge is -2.50. The van der Waals surface area contributed by atoms with Gasteiger partial charge in [-0.3, -0.25) is 0 Å². The molecule has 1 N–H and O–H groups in total. The second-order valence-electron chi connectivity index (χ2n) is 6.27. The summed E-state index contributed by atoms with van der Waals surface area (Å²) < 4.78 is 40.5. The number of hydrogen-bond acceptors (Lipinski definition) is 4. The highest BCUT2D eigenvalue weighted by molar-refractivity contribution is 7.89. The van der Waals surface area contributed by atoms with Crippen molar-refractivity contribution in [2.24, 2.45) is 0 Å². The first-order chi connectivity index (χ1) is 13.0. The first-order valence-electron chi connectivity index (χ1n) is 8.47. The standard InChI is InChI=1S/C20H19FN2O3S/c1-2-6-14-7-3-4-10-17(14)20-18(12-22)23(19(20)13-24)27(25,26)16-9-5-8-15(21)11-16/h2-11,18-20,24H,13H2,1H3/b6-2+/t18-,19+,20+/m0/s1. The van der Waals surface area contributed by atoms with Crippen LogP contribution in [0.2, 0.25) is 0 Å². The molecular weight excluding hydrogens is 367 g/mol. The number of nitriles is 1. The van der Waals surface area contributed by atoms with E-state index in [4.69, 9.17) is 0 Å². The van der Waals surface area contributed by atoms with E-state index in [-0.39, 0.29) is 4.90 Å². The third-order valence-electron chi connectivity index (χ3n) is 4.75. The zero-order chi connectivity index (χ0) is 19.6. The first kappa shape index (κ1) is 19.2. The Morgan fingerprint density at radius 1 is 1.26 bits per heavy atom. The van der Waals surface area contributed by atoms with Crippen LogP contribution in [0.25, 0.3) is 6.08 Å². The van der Waals surface area contributed by atoms with Crippen molar-refractivity contribution in [3.63, 3.8) is 0 Å². The zero-order valence-corrected chi connectivity index (χ0v) is 15.5. The van der Waals surface area contributed by atoms with Gasteiger partial charge in [0.2, 0.25) is 10.0 Å². The van der Waals surface area contributed by atoms with Crippen molar-refractivity contribution >= 4 is 16.1 Å². The maximum absolute atomic E-state index is 13.5. The number of halogens is 1. The van der Waals surface area contributed by atoms with Crippen LogP contribution in [0, 0.1) is 17.1 Å². The van der Waals surface area contributed by atoms with Crippen LogP contribution in [0.5, 0.6) is 0 Å². The summed E-state index contributed by atoms with van der Waals surface area (Å²) in [6.07, 6.45) is 3.73.